The van der Waals surface area contributed by atoms with Gasteiger partial charge in [0.1, 0.15) is 36.3 Å². The number of carboxylic acid groups (broad SMARTS) is 1. The minimum Gasteiger partial charge on any atom is -0.480 e. The Bertz CT molecular complexity index is 1590. The molecule has 61 heavy (non-hydrogen) atoms. The van der Waals surface area contributed by atoms with Gasteiger partial charge < -0.3 is 70.2 Å². The quantitative estimate of drug-likeness (QED) is 0.0220. The molecule has 21 nitrogen and oxygen atoms in total. The van der Waals surface area contributed by atoms with E-state index in [1.165, 1.54) is 6.92 Å². The number of nitrogens with zero attached hydrogens (tertiary/aromatic N) is 1. The summed E-state index contributed by atoms with van der Waals surface area (Å²) in [6.07, 6.45) is 0.356. The normalized spacial score (nSPS) is 15.6. The number of carbonyl (C=O) groups excluding carboxylic acids is 6. The number of guanidine groups is 1. The second-order valence-corrected chi connectivity index (χ2v) is 15.5. The van der Waals surface area contributed by atoms with Crippen molar-refractivity contribution in [3.05, 3.63) is 35.9 Å². The van der Waals surface area contributed by atoms with Crippen LogP contribution in [0.3, 0.4) is 0 Å². The van der Waals surface area contributed by atoms with Gasteiger partial charge in [-0.2, -0.15) is 0 Å². The van der Waals surface area contributed by atoms with Crippen molar-refractivity contribution in [3.8, 4) is 0 Å². The van der Waals surface area contributed by atoms with Gasteiger partial charge in [0, 0.05) is 6.54 Å². The SMILES string of the molecule is CC[C@H](C)[C@H](NC(=O)[C@H](CCCCN)NC(=O)[C@H](CC(C)C)NC(=O)[C@@H](NC(=O)[C@@H](N)Cc1ccccc1)[C@@H](C)O)C(=O)N[C@@H](CO)C(=O)N[C@@H](CCCN=C(N)N)C(=O)O. The van der Waals surface area contributed by atoms with Gasteiger partial charge in [0.2, 0.25) is 35.4 Å². The maximum Gasteiger partial charge on any atom is 0.326 e. The first-order chi connectivity index (χ1) is 28.7. The lowest BCUT2D eigenvalue weighted by Crippen LogP contribution is -2.62. The summed E-state index contributed by atoms with van der Waals surface area (Å²) in [5.41, 5.74) is 23.2. The number of aliphatic hydroxyl groups is 2. The third-order valence-corrected chi connectivity index (χ3v) is 9.79. The highest BCUT2D eigenvalue weighted by molar-refractivity contribution is 5.97. The van der Waals surface area contributed by atoms with Crippen LogP contribution < -0.4 is 54.8 Å². The van der Waals surface area contributed by atoms with Gasteiger partial charge in [-0.3, -0.25) is 33.8 Å². The first-order valence-corrected chi connectivity index (χ1v) is 20.6. The average molecular weight is 864 g/mol. The van der Waals surface area contributed by atoms with Crippen LogP contribution in [-0.4, -0.2) is 131 Å². The van der Waals surface area contributed by atoms with Crippen LogP contribution >= 0.6 is 0 Å². The number of hydrogen-bond acceptors (Lipinski definition) is 12. The standard InChI is InChI=1S/C40H69N11O10/c1-6-23(4)31(37(58)49-30(21-52)36(57)47-28(39(60)61)16-12-18-45-40(43)44)50-34(55)27(15-10-11-17-41)46-35(56)29(19-22(2)3)48-38(59)32(24(5)53)51-33(54)26(42)20-25-13-8-7-9-14-25/h7-9,13-14,22-24,26-32,52-53H,6,10-12,15-21,41-42H2,1-5H3,(H,46,56)(H,47,57)(H,48,59)(H,49,58)(H,50,55)(H,51,54)(H,60,61)(H4,43,44,45)/t23-,24+,26-,27-,28-,29-,30-,31-,32-/m0/s1. The Morgan fingerprint density at radius 3 is 1.75 bits per heavy atom. The van der Waals surface area contributed by atoms with Gasteiger partial charge in [0.05, 0.1) is 18.8 Å². The zero-order valence-electron chi connectivity index (χ0n) is 35.9. The Balaban J connectivity index is 3.22. The molecule has 0 unspecified atom stereocenters. The lowest BCUT2D eigenvalue weighted by atomic mass is 9.96. The molecule has 17 N–H and O–H groups in total. The van der Waals surface area contributed by atoms with Crippen LogP contribution in [0, 0.1) is 11.8 Å². The molecule has 6 amide bonds. The fraction of sp³-hybridized carbons (Fsp3) is 0.650. The van der Waals surface area contributed by atoms with Crippen LogP contribution in [0.4, 0.5) is 0 Å². The monoisotopic (exact) mass is 864 g/mol. The number of unbranched alkanes of at least 4 members (excludes halogenated alkanes) is 1. The van der Waals surface area contributed by atoms with Crippen molar-refractivity contribution in [1.29, 1.82) is 0 Å². The van der Waals surface area contributed by atoms with Crippen molar-refractivity contribution in [2.24, 2.45) is 39.8 Å². The largest absolute Gasteiger partial charge is 0.480 e. The molecular weight excluding hydrogens is 795 g/mol. The Morgan fingerprint density at radius 1 is 0.689 bits per heavy atom. The first kappa shape index (κ1) is 53.6. The van der Waals surface area contributed by atoms with Gasteiger partial charge in [-0.1, -0.05) is 64.4 Å². The van der Waals surface area contributed by atoms with Gasteiger partial charge in [-0.25, -0.2) is 4.79 Å². The number of nitrogens with one attached hydrogen (secondary N) is 6. The van der Waals surface area contributed by atoms with E-state index in [2.05, 4.69) is 36.9 Å². The topological polar surface area (TPSA) is 369 Å². The van der Waals surface area contributed by atoms with Gasteiger partial charge in [-0.15, -0.1) is 0 Å². The predicted octanol–water partition coefficient (Wildman–Crippen LogP) is -2.80. The Labute approximate surface area is 357 Å². The molecule has 0 spiro atoms. The molecule has 0 saturated carbocycles. The van der Waals surface area contributed by atoms with E-state index in [1.807, 2.05) is 6.07 Å². The zero-order chi connectivity index (χ0) is 46.2. The van der Waals surface area contributed by atoms with Gasteiger partial charge >= 0.3 is 5.97 Å². The summed E-state index contributed by atoms with van der Waals surface area (Å²) < 4.78 is 0. The fourth-order valence-corrected chi connectivity index (χ4v) is 6.07. The summed E-state index contributed by atoms with van der Waals surface area (Å²) in [5.74, 6) is -7.15. The smallest absolute Gasteiger partial charge is 0.326 e. The number of aliphatic carboxylic acids is 1. The van der Waals surface area contributed by atoms with E-state index in [1.54, 1.807) is 52.0 Å². The maximum absolute atomic E-state index is 13.9. The molecule has 9 atom stereocenters. The van der Waals surface area contributed by atoms with Gasteiger partial charge in [0.15, 0.2) is 5.96 Å². The van der Waals surface area contributed by atoms with Crippen LogP contribution in [0.5, 0.6) is 0 Å². The first-order valence-electron chi connectivity index (χ1n) is 20.6. The third-order valence-electron chi connectivity index (χ3n) is 9.79. The van der Waals surface area contributed by atoms with Crippen LogP contribution in [0.1, 0.15) is 85.1 Å². The van der Waals surface area contributed by atoms with Crippen molar-refractivity contribution >= 4 is 47.4 Å². The summed E-state index contributed by atoms with van der Waals surface area (Å²) in [7, 11) is 0. The molecule has 344 valence electrons. The minimum absolute atomic E-state index is 0.0595. The van der Waals surface area contributed by atoms with E-state index >= 15 is 0 Å². The molecule has 21 heteroatoms. The molecule has 0 radical (unpaired) electrons. The molecule has 0 aromatic heterocycles. The van der Waals surface area contributed by atoms with Crippen LogP contribution in [0.15, 0.2) is 35.3 Å². The highest BCUT2D eigenvalue weighted by Crippen LogP contribution is 2.13. The number of carboxylic acids is 1. The van der Waals surface area contributed by atoms with Crippen LogP contribution in [-0.2, 0) is 40.0 Å². The predicted molar refractivity (Wildman–Crippen MR) is 228 cm³/mol. The summed E-state index contributed by atoms with van der Waals surface area (Å²) in [6.45, 7) is 7.82. The lowest BCUT2D eigenvalue weighted by molar-refractivity contribution is -0.143. The molecular formula is C40H69N11O10. The molecule has 0 bridgehead atoms. The lowest BCUT2D eigenvalue weighted by Gasteiger charge is -2.30. The van der Waals surface area contributed by atoms with E-state index in [4.69, 9.17) is 22.9 Å². The number of rotatable bonds is 29. The molecule has 0 fully saturated rings. The van der Waals surface area contributed by atoms with Gasteiger partial charge in [-0.05, 0) is 75.8 Å². The summed E-state index contributed by atoms with van der Waals surface area (Å²) in [4.78, 5) is 96.7. The van der Waals surface area contributed by atoms with E-state index < -0.39 is 102 Å². The summed E-state index contributed by atoms with van der Waals surface area (Å²) >= 11 is 0. The van der Waals surface area contributed by atoms with E-state index in [-0.39, 0.29) is 57.1 Å². The molecule has 1 aromatic carbocycles. The number of aliphatic hydroxyl groups excluding tert-OH is 2. The third kappa shape index (κ3) is 20.2. The fourth-order valence-electron chi connectivity index (χ4n) is 6.07. The molecule has 1 rings (SSSR count). The average Bonchev–Trinajstić information content (AvgIpc) is 3.20. The van der Waals surface area contributed by atoms with Crippen LogP contribution in [0.2, 0.25) is 0 Å². The molecule has 0 heterocycles. The number of carbonyl (C=O) groups is 7. The highest BCUT2D eigenvalue weighted by atomic mass is 16.4. The van der Waals surface area contributed by atoms with Crippen LogP contribution in [0.25, 0.3) is 0 Å². The van der Waals surface area contributed by atoms with Crippen molar-refractivity contribution in [1.82, 2.24) is 31.9 Å². The van der Waals surface area contributed by atoms with E-state index in [9.17, 15) is 48.9 Å². The molecule has 0 saturated heterocycles. The molecule has 0 aliphatic carbocycles. The number of nitrogens with two attached hydrogens (primary N) is 4. The number of benzene rings is 1. The zero-order valence-corrected chi connectivity index (χ0v) is 35.9. The molecule has 1 aromatic rings. The number of aliphatic imine (C=N–C) groups is 1. The van der Waals surface area contributed by atoms with Crippen molar-refractivity contribution in [3.63, 3.8) is 0 Å². The Hall–Kier alpha value is -5.38. The van der Waals surface area contributed by atoms with E-state index in [0.717, 1.165) is 5.56 Å². The second kappa shape index (κ2) is 28.2. The van der Waals surface area contributed by atoms with Crippen molar-refractivity contribution in [2.75, 3.05) is 19.7 Å². The second-order valence-electron chi connectivity index (χ2n) is 15.5. The highest BCUT2D eigenvalue weighted by Gasteiger charge is 2.36. The van der Waals surface area contributed by atoms with E-state index in [0.29, 0.717) is 19.3 Å². The Morgan fingerprint density at radius 2 is 1.21 bits per heavy atom. The summed E-state index contributed by atoms with van der Waals surface area (Å²) in [6, 6.07) is -0.271. The Kier molecular flexibility index (Phi) is 24.8. The maximum atomic E-state index is 13.9. The molecule has 0 aliphatic heterocycles. The van der Waals surface area contributed by atoms with Gasteiger partial charge in [0.25, 0.3) is 0 Å². The van der Waals surface area contributed by atoms with Crippen molar-refractivity contribution < 1.29 is 48.9 Å². The van der Waals surface area contributed by atoms with Crippen molar-refractivity contribution in [2.45, 2.75) is 134 Å². The number of amides is 6. The summed E-state index contributed by atoms with van der Waals surface area (Å²) in [5, 5.41) is 45.2. The minimum atomic E-state index is -1.59. The molecule has 0 aliphatic rings. The number of hydrogen-bond donors (Lipinski definition) is 13.